The quantitative estimate of drug-likeness (QED) is 0.153. The van der Waals surface area contributed by atoms with Crippen LogP contribution in [0, 0.1) is 0 Å². The van der Waals surface area contributed by atoms with Gasteiger partial charge in [0.25, 0.3) is 6.71 Å². The van der Waals surface area contributed by atoms with Crippen LogP contribution in [0.2, 0.25) is 0 Å². The second-order valence-electron chi connectivity index (χ2n) is 25.4. The summed E-state index contributed by atoms with van der Waals surface area (Å²) in [5, 5.41) is 3.33. The Bertz CT molecular complexity index is 3900. The van der Waals surface area contributed by atoms with E-state index in [0.717, 1.165) is 131 Å². The van der Waals surface area contributed by atoms with Crippen LogP contribution in [0.4, 0.5) is 51.2 Å². The smallest absolute Gasteiger partial charge is 0.252 e. The van der Waals surface area contributed by atoms with Crippen molar-refractivity contribution in [3.05, 3.63) is 193 Å². The molecule has 0 fully saturated rings. The van der Waals surface area contributed by atoms with Crippen LogP contribution in [0.5, 0.6) is 23.0 Å². The molecule has 0 unspecified atom stereocenters. The zero-order valence-corrected chi connectivity index (χ0v) is 47.9. The Morgan fingerprint density at radius 3 is 1.43 bits per heavy atom. The molecule has 9 aromatic carbocycles. The van der Waals surface area contributed by atoms with Crippen molar-refractivity contribution >= 4 is 96.0 Å². The molecule has 0 saturated carbocycles. The molecule has 5 heterocycles. The van der Waals surface area contributed by atoms with Gasteiger partial charge in [-0.25, -0.2) is 0 Å². The van der Waals surface area contributed by atoms with Gasteiger partial charge in [-0.15, -0.1) is 0 Å². The predicted octanol–water partition coefficient (Wildman–Crippen LogP) is 17.0. The highest BCUT2D eigenvalue weighted by Gasteiger charge is 2.47. The number of fused-ring (bicyclic) bond motifs is 10. The number of furan rings is 1. The lowest BCUT2D eigenvalue weighted by molar-refractivity contribution is 0.297. The van der Waals surface area contributed by atoms with E-state index in [1.807, 2.05) is 12.1 Å². The molecular weight excluding hydrogens is 998 g/mol. The summed E-state index contributed by atoms with van der Waals surface area (Å²) < 4.78 is 33.5. The summed E-state index contributed by atoms with van der Waals surface area (Å²) in [4.78, 5) is 7.36. The van der Waals surface area contributed by atoms with Gasteiger partial charge in [-0.2, -0.15) is 0 Å². The summed E-state index contributed by atoms with van der Waals surface area (Å²) >= 11 is 0. The molecule has 0 radical (unpaired) electrons. The molecule has 14 rings (SSSR count). The van der Waals surface area contributed by atoms with E-state index < -0.39 is 0 Å². The van der Waals surface area contributed by atoms with Crippen LogP contribution in [0.25, 0.3) is 33.1 Å². The zero-order valence-electron chi connectivity index (χ0n) is 47.9. The Hall–Kier alpha value is -8.56. The van der Waals surface area contributed by atoms with Crippen LogP contribution in [0.15, 0.2) is 180 Å². The molecule has 4 aliphatic rings. The third-order valence-corrected chi connectivity index (χ3v) is 16.8. The van der Waals surface area contributed by atoms with Gasteiger partial charge in [-0.05, 0) is 151 Å². The number of hydrogen-bond acceptors (Lipinski definition) is 8. The highest BCUT2D eigenvalue weighted by molar-refractivity contribution is 7.00. The number of anilines is 9. The van der Waals surface area contributed by atoms with Crippen LogP contribution in [0.1, 0.15) is 91.8 Å². The average molecular weight is 1070 g/mol. The summed E-state index contributed by atoms with van der Waals surface area (Å²) in [6.07, 6.45) is 1.56. The molecule has 0 spiro atoms. The predicted molar refractivity (Wildman–Crippen MR) is 335 cm³/mol. The largest absolute Gasteiger partial charge is 0.489 e. The first-order valence-corrected chi connectivity index (χ1v) is 28.8. The molecule has 10 aromatic rings. The van der Waals surface area contributed by atoms with Gasteiger partial charge in [0, 0.05) is 57.9 Å². The monoisotopic (exact) mass is 1070 g/mol. The van der Waals surface area contributed by atoms with Gasteiger partial charge >= 0.3 is 0 Å². The highest BCUT2D eigenvalue weighted by atomic mass is 16.5. The molecule has 0 N–H and O–H groups in total. The van der Waals surface area contributed by atoms with Crippen molar-refractivity contribution in [2.75, 3.05) is 41.1 Å². The van der Waals surface area contributed by atoms with Crippen LogP contribution < -0.4 is 50.0 Å². The van der Waals surface area contributed by atoms with Crippen molar-refractivity contribution in [2.24, 2.45) is 0 Å². The minimum atomic E-state index is -0.236. The number of rotatable bonds is 6. The minimum absolute atomic E-state index is 0.0463. The minimum Gasteiger partial charge on any atom is -0.489 e. The summed E-state index contributed by atoms with van der Waals surface area (Å²) in [6.45, 7) is 22.5. The van der Waals surface area contributed by atoms with E-state index in [0.29, 0.717) is 26.4 Å². The summed E-state index contributed by atoms with van der Waals surface area (Å²) in [5.74, 6) is 3.86. The molecule has 0 saturated heterocycles. The standard InChI is InChI=1S/C72H68BN3O5/c1-70(2,3)49-19-26-52(27-20-49)74(55-25-18-45-40-48(17-16-46(45)41-55)64-42-47-14-10-11-15-61(47)81-64)56-43-59-65-60(44-56)76(54-30-23-51(24-31-54)72(7,8)9)67-58(33-35-63-69(67)80-39-13-37-78-63)73(65)57-32-34-62-68(79-38-12-36-77-62)66(57)75(59)53-28-21-50(22-29-53)71(4,5)6/h10-11,14-35,40-44H,12-13,36-39H2,1-9H3. The molecule has 1 aromatic heterocycles. The fraction of sp³-hybridized carbons (Fsp3) is 0.250. The normalized spacial score (nSPS) is 14.8. The fourth-order valence-corrected chi connectivity index (χ4v) is 12.5. The Labute approximate surface area is 476 Å². The van der Waals surface area contributed by atoms with Crippen LogP contribution >= 0.6 is 0 Å². The molecular formula is C72H68BN3O5. The van der Waals surface area contributed by atoms with Crippen molar-refractivity contribution in [1.82, 2.24) is 0 Å². The second kappa shape index (κ2) is 19.0. The molecule has 8 nitrogen and oxygen atoms in total. The molecule has 0 bridgehead atoms. The molecule has 9 heteroatoms. The molecule has 0 amide bonds. The van der Waals surface area contributed by atoms with Crippen molar-refractivity contribution in [3.8, 4) is 34.3 Å². The Kier molecular flexibility index (Phi) is 11.9. The van der Waals surface area contributed by atoms with Crippen LogP contribution in [-0.2, 0) is 16.2 Å². The molecule has 0 atom stereocenters. The van der Waals surface area contributed by atoms with Crippen molar-refractivity contribution in [3.63, 3.8) is 0 Å². The topological polar surface area (TPSA) is 59.8 Å². The fourth-order valence-electron chi connectivity index (χ4n) is 12.5. The van der Waals surface area contributed by atoms with Gasteiger partial charge < -0.3 is 38.1 Å². The molecule has 0 aliphatic carbocycles. The molecule has 4 aliphatic heterocycles. The lowest BCUT2D eigenvalue weighted by Gasteiger charge is -2.45. The maximum absolute atomic E-state index is 6.97. The van der Waals surface area contributed by atoms with Crippen LogP contribution in [-0.4, -0.2) is 33.1 Å². The first-order chi connectivity index (χ1) is 39.0. The number of benzene rings is 9. The third kappa shape index (κ3) is 8.75. The van der Waals surface area contributed by atoms with Gasteiger partial charge in [-0.3, -0.25) is 0 Å². The Morgan fingerprint density at radius 2 is 0.901 bits per heavy atom. The van der Waals surface area contributed by atoms with Gasteiger partial charge in [0.05, 0.1) is 43.5 Å². The summed E-state index contributed by atoms with van der Waals surface area (Å²) in [5.41, 5.74) is 18.2. The summed E-state index contributed by atoms with van der Waals surface area (Å²) in [7, 11) is 0. The second-order valence-corrected chi connectivity index (χ2v) is 25.4. The van der Waals surface area contributed by atoms with E-state index in [1.165, 1.54) is 22.2 Å². The Balaban J connectivity index is 1.07. The van der Waals surface area contributed by atoms with E-state index in [-0.39, 0.29) is 23.0 Å². The van der Waals surface area contributed by atoms with E-state index in [1.54, 1.807) is 0 Å². The van der Waals surface area contributed by atoms with Crippen molar-refractivity contribution in [2.45, 2.75) is 91.4 Å². The van der Waals surface area contributed by atoms with Crippen molar-refractivity contribution in [1.29, 1.82) is 0 Å². The lowest BCUT2D eigenvalue weighted by Crippen LogP contribution is -2.61. The highest BCUT2D eigenvalue weighted by Crippen LogP contribution is 2.55. The first kappa shape index (κ1) is 50.6. The van der Waals surface area contributed by atoms with E-state index in [4.69, 9.17) is 23.4 Å². The summed E-state index contributed by atoms with van der Waals surface area (Å²) in [6, 6.07) is 65.0. The van der Waals surface area contributed by atoms with E-state index in [9.17, 15) is 0 Å². The van der Waals surface area contributed by atoms with Crippen LogP contribution in [0.3, 0.4) is 0 Å². The third-order valence-electron chi connectivity index (χ3n) is 16.8. The maximum atomic E-state index is 6.97. The van der Waals surface area contributed by atoms with E-state index in [2.05, 4.69) is 241 Å². The van der Waals surface area contributed by atoms with Gasteiger partial charge in [-0.1, -0.05) is 147 Å². The lowest BCUT2D eigenvalue weighted by atomic mass is 9.33. The first-order valence-electron chi connectivity index (χ1n) is 28.8. The maximum Gasteiger partial charge on any atom is 0.252 e. The van der Waals surface area contributed by atoms with Crippen molar-refractivity contribution < 1.29 is 23.4 Å². The number of nitrogens with zero attached hydrogens (tertiary/aromatic N) is 3. The zero-order chi connectivity index (χ0) is 55.5. The molecule has 81 heavy (non-hydrogen) atoms. The van der Waals surface area contributed by atoms with Gasteiger partial charge in [0.1, 0.15) is 11.3 Å². The average Bonchev–Trinajstić information content (AvgIpc) is 3.74. The van der Waals surface area contributed by atoms with Gasteiger partial charge in [0.2, 0.25) is 0 Å². The molecule has 404 valence electrons. The number of para-hydroxylation sites is 1. The number of hydrogen-bond donors (Lipinski definition) is 0. The Morgan fingerprint density at radius 1 is 0.420 bits per heavy atom. The SMILES string of the molecule is CC(C)(C)c1ccc(N(c2cc3c4c(c2)N(c2ccc(C(C)(C)C)cc2)c2c(ccc5c2OCCCO5)B4c2ccc4c(c2N3c2ccc(C(C)(C)C)cc2)OCCCO4)c2ccc3cc(-c4cc5ccccc5o4)ccc3c2)cc1. The number of ether oxygens (including phenoxy) is 4. The van der Waals surface area contributed by atoms with Gasteiger partial charge in [0.15, 0.2) is 23.0 Å². The van der Waals surface area contributed by atoms with E-state index >= 15 is 0 Å².